The Bertz CT molecular complexity index is 1710. The van der Waals surface area contributed by atoms with E-state index in [1.54, 1.807) is 37.3 Å². The van der Waals surface area contributed by atoms with Gasteiger partial charge in [-0.3, -0.25) is 15.1 Å². The second-order valence-electron chi connectivity index (χ2n) is 9.32. The quantitative estimate of drug-likeness (QED) is 0.187. The lowest BCUT2D eigenvalue weighted by Gasteiger charge is -2.19. The molecule has 0 spiro atoms. The molecule has 10 heteroatoms. The average molecular weight is 546 g/mol. The lowest BCUT2D eigenvalue weighted by Crippen LogP contribution is -2.26. The molecule has 40 heavy (non-hydrogen) atoms. The van der Waals surface area contributed by atoms with E-state index in [4.69, 9.17) is 0 Å². The summed E-state index contributed by atoms with van der Waals surface area (Å²) in [7, 11) is 0. The van der Waals surface area contributed by atoms with Gasteiger partial charge in [-0.2, -0.15) is 18.3 Å². The van der Waals surface area contributed by atoms with E-state index >= 15 is 0 Å². The maximum atomic E-state index is 13.6. The number of carbonyl (C=O) groups excluding carboxylic acids is 1. The van der Waals surface area contributed by atoms with Gasteiger partial charge in [0, 0.05) is 16.8 Å². The Balaban J connectivity index is 1.56. The Morgan fingerprint density at radius 1 is 0.950 bits per heavy atom. The lowest BCUT2D eigenvalue weighted by atomic mass is 10.0. The Morgan fingerprint density at radius 3 is 2.40 bits per heavy atom. The first-order valence-electron chi connectivity index (χ1n) is 12.1. The number of aryl methyl sites for hydroxylation is 2. The van der Waals surface area contributed by atoms with Gasteiger partial charge in [-0.1, -0.05) is 36.4 Å². The summed E-state index contributed by atoms with van der Waals surface area (Å²) in [4.78, 5) is 26.2. The van der Waals surface area contributed by atoms with Gasteiger partial charge >= 0.3 is 12.1 Å². The number of carboxylic acid groups (broad SMARTS) is 1. The van der Waals surface area contributed by atoms with Gasteiger partial charge in [-0.05, 0) is 73.0 Å². The summed E-state index contributed by atoms with van der Waals surface area (Å²) in [5.41, 5.74) is 5.16. The van der Waals surface area contributed by atoms with Crippen molar-refractivity contribution in [3.8, 4) is 16.9 Å². The SMILES string of the molecule is Cc1cc(C)c2c(c1)N(c1cccc(C(F)(F)F)c1)C(=O)C2=NNc1cccc(-c2cccc(C(=O)O)c2)c1O. The summed E-state index contributed by atoms with van der Waals surface area (Å²) in [5.74, 6) is -1.98. The first kappa shape index (κ1) is 26.5. The van der Waals surface area contributed by atoms with Crippen molar-refractivity contribution in [2.24, 2.45) is 5.10 Å². The van der Waals surface area contributed by atoms with Gasteiger partial charge in [0.1, 0.15) is 5.75 Å². The molecule has 5 rings (SSSR count). The number of phenolic OH excluding ortho intramolecular Hbond substituents is 1. The molecule has 0 aliphatic carbocycles. The topological polar surface area (TPSA) is 102 Å². The molecule has 0 bridgehead atoms. The van der Waals surface area contributed by atoms with Crippen molar-refractivity contribution in [3.05, 3.63) is 107 Å². The van der Waals surface area contributed by atoms with Crippen LogP contribution in [0.4, 0.5) is 30.2 Å². The van der Waals surface area contributed by atoms with E-state index in [9.17, 15) is 33.0 Å². The number of alkyl halides is 3. The molecule has 202 valence electrons. The van der Waals surface area contributed by atoms with Crippen LogP contribution in [-0.2, 0) is 11.0 Å². The molecule has 0 atom stereocenters. The molecular weight excluding hydrogens is 523 g/mol. The molecule has 1 amide bonds. The molecule has 1 aliphatic heterocycles. The van der Waals surface area contributed by atoms with E-state index in [1.165, 1.54) is 35.2 Å². The van der Waals surface area contributed by atoms with Crippen LogP contribution < -0.4 is 10.3 Å². The van der Waals surface area contributed by atoms with Gasteiger partial charge < -0.3 is 10.2 Å². The van der Waals surface area contributed by atoms with Crippen molar-refractivity contribution in [2.45, 2.75) is 20.0 Å². The van der Waals surface area contributed by atoms with Crippen LogP contribution in [-0.4, -0.2) is 27.8 Å². The van der Waals surface area contributed by atoms with E-state index in [2.05, 4.69) is 10.5 Å². The number of carbonyl (C=O) groups is 2. The monoisotopic (exact) mass is 545 g/mol. The van der Waals surface area contributed by atoms with Crippen LogP contribution in [0, 0.1) is 13.8 Å². The molecule has 0 aromatic heterocycles. The highest BCUT2D eigenvalue weighted by Gasteiger charge is 2.38. The van der Waals surface area contributed by atoms with Crippen molar-refractivity contribution in [1.82, 2.24) is 0 Å². The van der Waals surface area contributed by atoms with Gasteiger partial charge in [-0.15, -0.1) is 0 Å². The van der Waals surface area contributed by atoms with Gasteiger partial charge in [-0.25, -0.2) is 4.79 Å². The summed E-state index contributed by atoms with van der Waals surface area (Å²) in [6, 6.07) is 18.9. The van der Waals surface area contributed by atoms with Crippen LogP contribution in [0.1, 0.15) is 32.6 Å². The van der Waals surface area contributed by atoms with Gasteiger partial charge in [0.2, 0.25) is 0 Å². The Morgan fingerprint density at radius 2 is 1.68 bits per heavy atom. The predicted molar refractivity (Wildman–Crippen MR) is 145 cm³/mol. The number of aromatic hydroxyl groups is 1. The number of para-hydroxylation sites is 1. The summed E-state index contributed by atoms with van der Waals surface area (Å²) in [6.45, 7) is 3.59. The number of nitrogens with zero attached hydrogens (tertiary/aromatic N) is 2. The fraction of sp³-hybridized carbons (Fsp3) is 0.100. The number of carboxylic acids is 1. The van der Waals surface area contributed by atoms with Crippen molar-refractivity contribution < 1.29 is 33.0 Å². The van der Waals surface area contributed by atoms with Crippen molar-refractivity contribution >= 4 is 34.7 Å². The third-order valence-electron chi connectivity index (χ3n) is 6.52. The van der Waals surface area contributed by atoms with Gasteiger partial charge in [0.15, 0.2) is 5.71 Å². The molecule has 0 fully saturated rings. The molecule has 0 saturated heterocycles. The Hall–Kier alpha value is -5.12. The fourth-order valence-electron chi connectivity index (χ4n) is 4.74. The normalized spacial score (nSPS) is 14.0. The average Bonchev–Trinajstić information content (AvgIpc) is 3.18. The zero-order valence-electron chi connectivity index (χ0n) is 21.2. The predicted octanol–water partition coefficient (Wildman–Crippen LogP) is 6.89. The molecule has 1 heterocycles. The van der Waals surface area contributed by atoms with Crippen LogP contribution in [0.25, 0.3) is 11.1 Å². The standard InChI is InChI=1S/C30H22F3N3O4/c1-16-12-17(2)25-24(13-16)36(21-9-4-8-20(15-21)30(31,32)33)28(38)26(25)35-34-23-11-5-10-22(27(23)37)18-6-3-7-19(14-18)29(39)40/h3-15,34,37H,1-2H3,(H,39,40). The molecular formula is C30H22F3N3O4. The summed E-state index contributed by atoms with van der Waals surface area (Å²) >= 11 is 0. The second kappa shape index (κ2) is 9.88. The number of hydrazone groups is 1. The highest BCUT2D eigenvalue weighted by Crippen LogP contribution is 2.41. The molecule has 4 aromatic rings. The van der Waals surface area contributed by atoms with E-state index in [-0.39, 0.29) is 28.4 Å². The van der Waals surface area contributed by atoms with Crippen molar-refractivity contribution in [3.63, 3.8) is 0 Å². The summed E-state index contributed by atoms with van der Waals surface area (Å²) in [5, 5.41) is 24.6. The van der Waals surface area contributed by atoms with E-state index in [1.807, 2.05) is 13.0 Å². The van der Waals surface area contributed by atoms with Crippen molar-refractivity contribution in [1.29, 1.82) is 0 Å². The molecule has 1 aliphatic rings. The second-order valence-corrected chi connectivity index (χ2v) is 9.32. The van der Waals surface area contributed by atoms with E-state index < -0.39 is 23.6 Å². The van der Waals surface area contributed by atoms with E-state index in [0.29, 0.717) is 27.9 Å². The van der Waals surface area contributed by atoms with Gasteiger partial charge in [0.05, 0.1) is 22.5 Å². The molecule has 0 unspecified atom stereocenters. The third-order valence-corrected chi connectivity index (χ3v) is 6.52. The zero-order chi connectivity index (χ0) is 28.8. The number of phenols is 1. The van der Waals surface area contributed by atoms with Crippen LogP contribution >= 0.6 is 0 Å². The third kappa shape index (κ3) is 4.75. The molecule has 0 saturated carbocycles. The maximum absolute atomic E-state index is 13.6. The number of fused-ring (bicyclic) bond motifs is 1. The number of nitrogens with one attached hydrogen (secondary N) is 1. The Kier molecular flexibility index (Phi) is 6.54. The highest BCUT2D eigenvalue weighted by molar-refractivity contribution is 6.56. The lowest BCUT2D eigenvalue weighted by molar-refractivity contribution is -0.137. The number of rotatable bonds is 5. The van der Waals surface area contributed by atoms with Gasteiger partial charge in [0.25, 0.3) is 5.91 Å². The first-order chi connectivity index (χ1) is 19.0. The minimum absolute atomic E-state index is 0.0393. The Labute approximate surface area is 226 Å². The minimum Gasteiger partial charge on any atom is -0.505 e. The molecule has 7 nitrogen and oxygen atoms in total. The molecule has 3 N–H and O–H groups in total. The summed E-state index contributed by atoms with van der Waals surface area (Å²) in [6.07, 6.45) is -4.59. The molecule has 0 radical (unpaired) electrons. The number of hydrogen-bond donors (Lipinski definition) is 3. The highest BCUT2D eigenvalue weighted by atomic mass is 19.4. The van der Waals surface area contributed by atoms with Crippen LogP contribution in [0.5, 0.6) is 5.75 Å². The summed E-state index contributed by atoms with van der Waals surface area (Å²) < 4.78 is 40.3. The number of aromatic carboxylic acids is 1. The van der Waals surface area contributed by atoms with E-state index in [0.717, 1.165) is 17.7 Å². The smallest absolute Gasteiger partial charge is 0.416 e. The number of halogens is 3. The van der Waals surface area contributed by atoms with Crippen molar-refractivity contribution in [2.75, 3.05) is 10.3 Å². The number of benzene rings is 4. The van der Waals surface area contributed by atoms with Crippen LogP contribution in [0.15, 0.2) is 84.0 Å². The number of hydrogen-bond acceptors (Lipinski definition) is 5. The maximum Gasteiger partial charge on any atom is 0.416 e. The van der Waals surface area contributed by atoms with Crippen LogP contribution in [0.2, 0.25) is 0 Å². The number of anilines is 3. The minimum atomic E-state index is -4.59. The first-order valence-corrected chi connectivity index (χ1v) is 12.1. The number of amides is 1. The largest absolute Gasteiger partial charge is 0.505 e. The molecule has 4 aromatic carbocycles. The fourth-order valence-corrected chi connectivity index (χ4v) is 4.74. The van der Waals surface area contributed by atoms with Crippen LogP contribution in [0.3, 0.4) is 0 Å². The zero-order valence-corrected chi connectivity index (χ0v) is 21.2.